The van der Waals surface area contributed by atoms with E-state index in [1.807, 2.05) is 39.0 Å². The SMILES string of the molecule is CCOc1ccc([C@H](C)NC(=O)Cn2cnc3c2c(=O)n(C)c(=O)n3C)cc1OCC. The van der Waals surface area contributed by atoms with Gasteiger partial charge in [0.05, 0.1) is 25.6 Å². The number of carbonyl (C=O) groups is 1. The second-order valence-electron chi connectivity index (χ2n) is 7.11. The summed E-state index contributed by atoms with van der Waals surface area (Å²) in [4.78, 5) is 41.4. The molecule has 0 saturated carbocycles. The first kappa shape index (κ1) is 22.1. The number of amides is 1. The van der Waals surface area contributed by atoms with Crippen LogP contribution in [0.2, 0.25) is 0 Å². The summed E-state index contributed by atoms with van der Waals surface area (Å²) in [6.45, 7) is 6.56. The van der Waals surface area contributed by atoms with Crippen molar-refractivity contribution in [3.8, 4) is 11.5 Å². The van der Waals surface area contributed by atoms with Gasteiger partial charge in [0.2, 0.25) is 5.91 Å². The normalized spacial score (nSPS) is 12.0. The summed E-state index contributed by atoms with van der Waals surface area (Å²) in [5.74, 6) is 0.973. The van der Waals surface area contributed by atoms with Gasteiger partial charge < -0.3 is 19.4 Å². The first-order chi connectivity index (χ1) is 14.8. The molecule has 166 valence electrons. The number of aryl methyl sites for hydroxylation is 1. The second-order valence-corrected chi connectivity index (χ2v) is 7.11. The van der Waals surface area contributed by atoms with Gasteiger partial charge in [0.15, 0.2) is 22.7 Å². The Morgan fingerprint density at radius 2 is 1.77 bits per heavy atom. The van der Waals surface area contributed by atoms with Crippen molar-refractivity contribution in [2.75, 3.05) is 13.2 Å². The maximum absolute atomic E-state index is 12.7. The number of hydrogen-bond acceptors (Lipinski definition) is 6. The van der Waals surface area contributed by atoms with Gasteiger partial charge in [-0.05, 0) is 38.5 Å². The molecular weight excluding hydrogens is 402 g/mol. The quantitative estimate of drug-likeness (QED) is 0.575. The molecule has 0 unspecified atom stereocenters. The van der Waals surface area contributed by atoms with Gasteiger partial charge in [-0.25, -0.2) is 9.78 Å². The van der Waals surface area contributed by atoms with Crippen LogP contribution in [-0.4, -0.2) is 37.8 Å². The van der Waals surface area contributed by atoms with Gasteiger partial charge >= 0.3 is 5.69 Å². The number of rotatable bonds is 8. The van der Waals surface area contributed by atoms with Gasteiger partial charge in [0.1, 0.15) is 6.54 Å². The molecule has 0 saturated heterocycles. The molecule has 1 atom stereocenters. The van der Waals surface area contributed by atoms with Crippen molar-refractivity contribution in [3.63, 3.8) is 0 Å². The summed E-state index contributed by atoms with van der Waals surface area (Å²) >= 11 is 0. The third-order valence-corrected chi connectivity index (χ3v) is 4.98. The van der Waals surface area contributed by atoms with Crippen molar-refractivity contribution in [3.05, 3.63) is 50.9 Å². The predicted molar refractivity (Wildman–Crippen MR) is 116 cm³/mol. The summed E-state index contributed by atoms with van der Waals surface area (Å²) in [5.41, 5.74) is 0.328. The van der Waals surface area contributed by atoms with E-state index in [0.29, 0.717) is 24.7 Å². The molecule has 0 fully saturated rings. The van der Waals surface area contributed by atoms with Crippen molar-refractivity contribution in [1.29, 1.82) is 0 Å². The van der Waals surface area contributed by atoms with Crippen LogP contribution in [0.1, 0.15) is 32.4 Å². The lowest BCUT2D eigenvalue weighted by molar-refractivity contribution is -0.122. The third kappa shape index (κ3) is 4.32. The molecule has 0 bridgehead atoms. The Morgan fingerprint density at radius 3 is 2.45 bits per heavy atom. The van der Waals surface area contributed by atoms with Gasteiger partial charge in [0, 0.05) is 14.1 Å². The molecule has 1 amide bonds. The van der Waals surface area contributed by atoms with Crippen molar-refractivity contribution in [2.24, 2.45) is 14.1 Å². The van der Waals surface area contributed by atoms with Gasteiger partial charge in [0.25, 0.3) is 5.56 Å². The largest absolute Gasteiger partial charge is 0.490 e. The van der Waals surface area contributed by atoms with E-state index in [-0.39, 0.29) is 29.7 Å². The average molecular weight is 429 g/mol. The number of aromatic nitrogens is 4. The molecule has 2 aromatic heterocycles. The van der Waals surface area contributed by atoms with Crippen LogP contribution in [0, 0.1) is 0 Å². The lowest BCUT2D eigenvalue weighted by Crippen LogP contribution is -2.38. The molecule has 0 aliphatic heterocycles. The molecule has 2 heterocycles. The van der Waals surface area contributed by atoms with Crippen LogP contribution in [0.4, 0.5) is 0 Å². The Hall–Kier alpha value is -3.56. The van der Waals surface area contributed by atoms with Gasteiger partial charge in [-0.3, -0.25) is 18.7 Å². The monoisotopic (exact) mass is 429 g/mol. The number of benzene rings is 1. The summed E-state index contributed by atoms with van der Waals surface area (Å²) in [6.07, 6.45) is 1.39. The van der Waals surface area contributed by atoms with Gasteiger partial charge in [-0.2, -0.15) is 0 Å². The number of nitrogens with one attached hydrogen (secondary N) is 1. The van der Waals surface area contributed by atoms with Gasteiger partial charge in [-0.15, -0.1) is 0 Å². The van der Waals surface area contributed by atoms with Crippen molar-refractivity contribution in [1.82, 2.24) is 24.0 Å². The Morgan fingerprint density at radius 1 is 1.10 bits per heavy atom. The van der Waals surface area contributed by atoms with Gasteiger partial charge in [-0.1, -0.05) is 6.07 Å². The highest BCUT2D eigenvalue weighted by Gasteiger charge is 2.18. The van der Waals surface area contributed by atoms with E-state index in [1.54, 1.807) is 0 Å². The van der Waals surface area contributed by atoms with Crippen LogP contribution < -0.4 is 26.0 Å². The van der Waals surface area contributed by atoms with Crippen LogP contribution in [0.15, 0.2) is 34.1 Å². The molecule has 1 N–H and O–H groups in total. The Labute approximate surface area is 179 Å². The first-order valence-corrected chi connectivity index (χ1v) is 10.1. The molecule has 0 aliphatic rings. The Bertz CT molecular complexity index is 1220. The number of carbonyl (C=O) groups excluding carboxylic acids is 1. The van der Waals surface area contributed by atoms with Crippen molar-refractivity contribution < 1.29 is 14.3 Å². The third-order valence-electron chi connectivity index (χ3n) is 4.98. The molecule has 31 heavy (non-hydrogen) atoms. The van der Waals surface area contributed by atoms with Crippen LogP contribution in [-0.2, 0) is 25.4 Å². The first-order valence-electron chi connectivity index (χ1n) is 10.1. The fraction of sp³-hybridized carbons (Fsp3) is 0.429. The van der Waals surface area contributed by atoms with E-state index < -0.39 is 11.2 Å². The van der Waals surface area contributed by atoms with Crippen molar-refractivity contribution >= 4 is 17.1 Å². The highest BCUT2D eigenvalue weighted by molar-refractivity contribution is 5.79. The molecular formula is C21H27N5O5. The number of nitrogens with zero attached hydrogens (tertiary/aromatic N) is 4. The molecule has 0 aliphatic carbocycles. The zero-order chi connectivity index (χ0) is 22.7. The number of hydrogen-bond donors (Lipinski definition) is 1. The molecule has 3 rings (SSSR count). The lowest BCUT2D eigenvalue weighted by atomic mass is 10.1. The number of imidazole rings is 1. The fourth-order valence-electron chi connectivity index (χ4n) is 3.38. The minimum atomic E-state index is -0.496. The van der Waals surface area contributed by atoms with E-state index in [0.717, 1.165) is 10.1 Å². The summed E-state index contributed by atoms with van der Waals surface area (Å²) < 4.78 is 15.0. The summed E-state index contributed by atoms with van der Waals surface area (Å²) in [6, 6.07) is 5.23. The highest BCUT2D eigenvalue weighted by atomic mass is 16.5. The fourth-order valence-corrected chi connectivity index (χ4v) is 3.38. The molecule has 0 radical (unpaired) electrons. The van der Waals surface area contributed by atoms with Crippen LogP contribution in [0.5, 0.6) is 11.5 Å². The minimum Gasteiger partial charge on any atom is -0.490 e. The Kier molecular flexibility index (Phi) is 6.47. The number of ether oxygens (including phenoxy) is 2. The van der Waals surface area contributed by atoms with E-state index in [9.17, 15) is 14.4 Å². The van der Waals surface area contributed by atoms with Crippen LogP contribution in [0.3, 0.4) is 0 Å². The maximum atomic E-state index is 12.7. The zero-order valence-electron chi connectivity index (χ0n) is 18.3. The molecule has 1 aromatic carbocycles. The lowest BCUT2D eigenvalue weighted by Gasteiger charge is -2.18. The smallest absolute Gasteiger partial charge is 0.332 e. The van der Waals surface area contributed by atoms with E-state index in [2.05, 4.69) is 10.3 Å². The molecule has 10 nitrogen and oxygen atoms in total. The molecule has 10 heteroatoms. The summed E-state index contributed by atoms with van der Waals surface area (Å²) in [5, 5.41) is 2.92. The Balaban J connectivity index is 1.81. The van der Waals surface area contributed by atoms with E-state index in [4.69, 9.17) is 9.47 Å². The maximum Gasteiger partial charge on any atom is 0.332 e. The van der Waals surface area contributed by atoms with E-state index >= 15 is 0 Å². The topological polar surface area (TPSA) is 109 Å². The summed E-state index contributed by atoms with van der Waals surface area (Å²) in [7, 11) is 2.93. The zero-order valence-corrected chi connectivity index (χ0v) is 18.3. The molecule has 0 spiro atoms. The second kappa shape index (κ2) is 9.07. The number of fused-ring (bicyclic) bond motifs is 1. The average Bonchev–Trinajstić information content (AvgIpc) is 3.15. The standard InChI is InChI=1S/C21H27N5O5/c1-6-30-15-9-8-14(10-16(15)31-7-2)13(3)23-17(27)11-26-12-22-19-18(26)20(28)25(5)21(29)24(19)4/h8-10,12-13H,6-7,11H2,1-5H3,(H,23,27)/t13-/m0/s1. The molecule has 3 aromatic rings. The highest BCUT2D eigenvalue weighted by Crippen LogP contribution is 2.30. The van der Waals surface area contributed by atoms with Crippen LogP contribution >= 0.6 is 0 Å². The minimum absolute atomic E-state index is 0.108. The van der Waals surface area contributed by atoms with E-state index in [1.165, 1.54) is 29.6 Å². The van der Waals surface area contributed by atoms with Crippen molar-refractivity contribution in [2.45, 2.75) is 33.4 Å². The predicted octanol–water partition coefficient (Wildman–Crippen LogP) is 1.11. The van der Waals surface area contributed by atoms with Crippen LogP contribution in [0.25, 0.3) is 11.2 Å².